The van der Waals surface area contributed by atoms with Crippen molar-refractivity contribution in [2.75, 3.05) is 12.8 Å². The first-order valence-corrected chi connectivity index (χ1v) is 5.07. The minimum Gasteiger partial charge on any atom is -0.464 e. The Balaban J connectivity index is 2.07. The highest BCUT2D eigenvalue weighted by Gasteiger charge is 2.15. The highest BCUT2D eigenvalue weighted by Crippen LogP contribution is 2.11. The monoisotopic (exact) mass is 235 g/mol. The van der Waals surface area contributed by atoms with E-state index < -0.39 is 5.97 Å². The topological polar surface area (TPSA) is 88.0 Å². The molecule has 7 nitrogen and oxygen atoms in total. The molecule has 2 rings (SSSR count). The molecule has 0 aliphatic heterocycles. The third-order valence-corrected chi connectivity index (χ3v) is 2.42. The zero-order valence-corrected chi connectivity index (χ0v) is 9.41. The van der Waals surface area contributed by atoms with Crippen molar-refractivity contribution in [2.45, 2.75) is 13.1 Å². The number of imidazole rings is 2. The van der Waals surface area contributed by atoms with Crippen molar-refractivity contribution < 1.29 is 9.53 Å². The van der Waals surface area contributed by atoms with Gasteiger partial charge in [0.15, 0.2) is 5.69 Å². The molecule has 17 heavy (non-hydrogen) atoms. The van der Waals surface area contributed by atoms with Gasteiger partial charge in [0, 0.05) is 25.5 Å². The lowest BCUT2D eigenvalue weighted by molar-refractivity contribution is 0.0596. The van der Waals surface area contributed by atoms with Gasteiger partial charge in [-0.3, -0.25) is 0 Å². The van der Waals surface area contributed by atoms with E-state index in [1.165, 1.54) is 13.4 Å². The number of nitrogens with two attached hydrogens (primary N) is 1. The van der Waals surface area contributed by atoms with E-state index in [4.69, 9.17) is 5.73 Å². The number of hydrogen-bond donors (Lipinski definition) is 1. The number of nitrogen functional groups attached to an aromatic ring is 1. The van der Waals surface area contributed by atoms with Crippen LogP contribution in [-0.2, 0) is 17.8 Å². The minimum absolute atomic E-state index is 0.151. The molecule has 0 radical (unpaired) electrons. The molecule has 2 aromatic rings. The molecule has 0 bridgehead atoms. The summed E-state index contributed by atoms with van der Waals surface area (Å²) >= 11 is 0. The Hall–Kier alpha value is -2.31. The van der Waals surface area contributed by atoms with Gasteiger partial charge in [0.05, 0.1) is 19.8 Å². The Kier molecular flexibility index (Phi) is 3.08. The Morgan fingerprint density at radius 1 is 1.47 bits per heavy atom. The average molecular weight is 235 g/mol. The largest absolute Gasteiger partial charge is 0.464 e. The van der Waals surface area contributed by atoms with Crippen LogP contribution in [0.25, 0.3) is 0 Å². The van der Waals surface area contributed by atoms with Crippen molar-refractivity contribution in [3.8, 4) is 0 Å². The fourth-order valence-electron chi connectivity index (χ4n) is 1.47. The average Bonchev–Trinajstić information content (AvgIpc) is 2.95. The number of nitrogens with zero attached hydrogens (tertiary/aromatic N) is 4. The van der Waals surface area contributed by atoms with Gasteiger partial charge in [0.25, 0.3) is 0 Å². The maximum Gasteiger partial charge on any atom is 0.360 e. The summed E-state index contributed by atoms with van der Waals surface area (Å²) in [5.74, 6) is -0.208. The van der Waals surface area contributed by atoms with Gasteiger partial charge in [-0.25, -0.2) is 14.8 Å². The van der Waals surface area contributed by atoms with Crippen molar-refractivity contribution >= 4 is 11.8 Å². The lowest BCUT2D eigenvalue weighted by Crippen LogP contribution is -2.10. The lowest BCUT2D eigenvalue weighted by Gasteiger charge is -2.05. The minimum atomic E-state index is -0.524. The van der Waals surface area contributed by atoms with Crippen LogP contribution in [-0.4, -0.2) is 32.2 Å². The van der Waals surface area contributed by atoms with Crippen LogP contribution < -0.4 is 5.73 Å². The van der Waals surface area contributed by atoms with Crippen LogP contribution in [0.1, 0.15) is 10.5 Å². The third kappa shape index (κ3) is 2.27. The third-order valence-electron chi connectivity index (χ3n) is 2.42. The first kappa shape index (κ1) is 11.2. The predicted octanol–water partition coefficient (Wildman–Crippen LogP) is 0.149. The van der Waals surface area contributed by atoms with Gasteiger partial charge in [-0.05, 0) is 0 Å². The number of rotatable bonds is 4. The second kappa shape index (κ2) is 4.69. The number of anilines is 1. The molecule has 0 aliphatic rings. The van der Waals surface area contributed by atoms with Gasteiger partial charge in [-0.1, -0.05) is 0 Å². The van der Waals surface area contributed by atoms with Crippen LogP contribution in [0.15, 0.2) is 25.0 Å². The van der Waals surface area contributed by atoms with Gasteiger partial charge < -0.3 is 19.6 Å². The van der Waals surface area contributed by atoms with Gasteiger partial charge in [-0.15, -0.1) is 0 Å². The number of carbonyl (C=O) groups excluding carboxylic acids is 1. The van der Waals surface area contributed by atoms with Gasteiger partial charge in [0.2, 0.25) is 0 Å². The number of hydrogen-bond acceptors (Lipinski definition) is 5. The molecule has 0 atom stereocenters. The number of methoxy groups -OCH3 is 1. The molecule has 0 spiro atoms. The normalized spacial score (nSPS) is 10.4. The van der Waals surface area contributed by atoms with Gasteiger partial charge in [0.1, 0.15) is 5.82 Å². The lowest BCUT2D eigenvalue weighted by atomic mass is 10.4. The summed E-state index contributed by atoms with van der Waals surface area (Å²) < 4.78 is 8.19. The molecule has 0 amide bonds. The van der Waals surface area contributed by atoms with Crippen LogP contribution in [0.4, 0.5) is 5.82 Å². The van der Waals surface area contributed by atoms with Crippen LogP contribution >= 0.6 is 0 Å². The van der Waals surface area contributed by atoms with Crippen LogP contribution in [0.5, 0.6) is 0 Å². The molecule has 2 heterocycles. The zero-order chi connectivity index (χ0) is 12.3. The fourth-order valence-corrected chi connectivity index (χ4v) is 1.47. The quantitative estimate of drug-likeness (QED) is 0.762. The molecule has 0 saturated carbocycles. The molecular weight excluding hydrogens is 222 g/mol. The summed E-state index contributed by atoms with van der Waals surface area (Å²) in [5, 5.41) is 0. The second-order valence-electron chi connectivity index (χ2n) is 3.46. The maximum atomic E-state index is 11.3. The summed E-state index contributed by atoms with van der Waals surface area (Å²) in [6.45, 7) is 1.33. The van der Waals surface area contributed by atoms with Crippen molar-refractivity contribution in [3.05, 3.63) is 30.7 Å². The van der Waals surface area contributed by atoms with Crippen molar-refractivity contribution in [3.63, 3.8) is 0 Å². The van der Waals surface area contributed by atoms with E-state index >= 15 is 0 Å². The Morgan fingerprint density at radius 3 is 2.94 bits per heavy atom. The molecule has 0 fully saturated rings. The number of aryl methyl sites for hydroxylation is 2. The Morgan fingerprint density at radius 2 is 2.29 bits per heavy atom. The number of esters is 1. The number of carbonyl (C=O) groups is 1. The SMILES string of the molecule is COC(=O)c1ncn(CCn2ccnc2)c1N. The second-order valence-corrected chi connectivity index (χ2v) is 3.46. The molecule has 0 aliphatic carbocycles. The Labute approximate surface area is 97.8 Å². The first-order chi connectivity index (χ1) is 8.22. The first-order valence-electron chi connectivity index (χ1n) is 5.07. The molecule has 0 aromatic carbocycles. The van der Waals surface area contributed by atoms with Crippen LogP contribution in [0.3, 0.4) is 0 Å². The molecule has 0 unspecified atom stereocenters. The molecule has 90 valence electrons. The van der Waals surface area contributed by atoms with Crippen molar-refractivity contribution in [2.24, 2.45) is 0 Å². The van der Waals surface area contributed by atoms with Crippen molar-refractivity contribution in [1.82, 2.24) is 19.1 Å². The fraction of sp³-hybridized carbons (Fsp3) is 0.300. The van der Waals surface area contributed by atoms with Gasteiger partial charge >= 0.3 is 5.97 Å². The molecule has 2 N–H and O–H groups in total. The van der Waals surface area contributed by atoms with Crippen LogP contribution in [0.2, 0.25) is 0 Å². The summed E-state index contributed by atoms with van der Waals surface area (Å²) in [4.78, 5) is 19.1. The molecular formula is C10H13N5O2. The van der Waals surface area contributed by atoms with E-state index in [9.17, 15) is 4.79 Å². The van der Waals surface area contributed by atoms with Crippen molar-refractivity contribution in [1.29, 1.82) is 0 Å². The molecule has 7 heteroatoms. The highest BCUT2D eigenvalue weighted by molar-refractivity contribution is 5.91. The summed E-state index contributed by atoms with van der Waals surface area (Å²) in [6, 6.07) is 0. The van der Waals surface area contributed by atoms with E-state index in [-0.39, 0.29) is 5.69 Å². The van der Waals surface area contributed by atoms with Gasteiger partial charge in [-0.2, -0.15) is 0 Å². The predicted molar refractivity (Wildman–Crippen MR) is 60.2 cm³/mol. The molecule has 2 aromatic heterocycles. The van der Waals surface area contributed by atoms with Crippen LogP contribution in [0, 0.1) is 0 Å². The number of aromatic nitrogens is 4. The van der Waals surface area contributed by atoms with E-state index in [0.717, 1.165) is 0 Å². The summed E-state index contributed by atoms with van der Waals surface area (Å²) in [6.07, 6.45) is 6.80. The van der Waals surface area contributed by atoms with E-state index in [2.05, 4.69) is 14.7 Å². The Bertz CT molecular complexity index is 503. The van der Waals surface area contributed by atoms with E-state index in [0.29, 0.717) is 18.9 Å². The summed E-state index contributed by atoms with van der Waals surface area (Å²) in [7, 11) is 1.30. The highest BCUT2D eigenvalue weighted by atomic mass is 16.5. The smallest absolute Gasteiger partial charge is 0.360 e. The molecule has 0 saturated heterocycles. The number of ether oxygens (including phenoxy) is 1. The zero-order valence-electron chi connectivity index (χ0n) is 9.41. The maximum absolute atomic E-state index is 11.3. The summed E-state index contributed by atoms with van der Waals surface area (Å²) in [5.41, 5.74) is 5.95. The van der Waals surface area contributed by atoms with E-state index in [1.54, 1.807) is 17.1 Å². The standard InChI is InChI=1S/C10H13N5O2/c1-17-10(16)8-9(11)15(7-13-8)5-4-14-3-2-12-6-14/h2-3,6-7H,4-5,11H2,1H3. The van der Waals surface area contributed by atoms with E-state index in [1.807, 2.05) is 10.8 Å².